The lowest BCUT2D eigenvalue weighted by molar-refractivity contribution is -0.692. The maximum atomic E-state index is 10.6. The van der Waals surface area contributed by atoms with Crippen LogP contribution >= 0.6 is 40.1 Å². The number of para-hydroxylation sites is 1. The monoisotopic (exact) mass is 346 g/mol. The van der Waals surface area contributed by atoms with E-state index in [-0.39, 0.29) is 22.7 Å². The van der Waals surface area contributed by atoms with Gasteiger partial charge >= 0.3 is 5.97 Å². The van der Waals surface area contributed by atoms with Crippen molar-refractivity contribution in [2.24, 2.45) is 0 Å². The van der Waals surface area contributed by atoms with Gasteiger partial charge in [-0.25, -0.2) is 0 Å². The lowest BCUT2D eigenvalue weighted by Crippen LogP contribution is -2.33. The molecule has 0 saturated carbocycles. The molecule has 0 saturated heterocycles. The Hall–Kier alpha value is -0.850. The molecule has 1 aromatic heterocycles. The summed E-state index contributed by atoms with van der Waals surface area (Å²) < 4.78 is 4.27. The van der Waals surface area contributed by atoms with E-state index in [1.165, 1.54) is 16.5 Å². The van der Waals surface area contributed by atoms with Gasteiger partial charge in [0.1, 0.15) is 10.5 Å². The molecule has 0 bridgehead atoms. The molecule has 18 heavy (non-hydrogen) atoms. The normalized spacial score (nSPS) is 10.0. The highest BCUT2D eigenvalue weighted by atomic mass is 79.9. The van der Waals surface area contributed by atoms with Crippen molar-refractivity contribution in [3.05, 3.63) is 36.9 Å². The van der Waals surface area contributed by atoms with Crippen LogP contribution in [0, 0.1) is 0 Å². The predicted octanol–water partition coefficient (Wildman–Crippen LogP) is 3.13. The lowest BCUT2D eigenvalue weighted by atomic mass is 10.3. The Kier molecular flexibility index (Phi) is 5.84. The van der Waals surface area contributed by atoms with Gasteiger partial charge in [-0.3, -0.25) is 4.79 Å². The van der Waals surface area contributed by atoms with E-state index >= 15 is 0 Å². The van der Waals surface area contributed by atoms with Crippen molar-refractivity contribution in [1.29, 1.82) is 0 Å². The number of hydrogen-bond donors (Lipinski definition) is 1. The molecule has 0 atom stereocenters. The van der Waals surface area contributed by atoms with Gasteiger partial charge in [0.2, 0.25) is 5.52 Å². The van der Waals surface area contributed by atoms with Crippen molar-refractivity contribution in [3.63, 3.8) is 0 Å². The highest BCUT2D eigenvalue weighted by Gasteiger charge is 2.20. The zero-order valence-electron chi connectivity index (χ0n) is 9.54. The van der Waals surface area contributed by atoms with Crippen LogP contribution in [0.15, 0.2) is 41.3 Å². The Morgan fingerprint density at radius 1 is 1.50 bits per heavy atom. The van der Waals surface area contributed by atoms with Gasteiger partial charge in [0.15, 0.2) is 6.54 Å². The van der Waals surface area contributed by atoms with Gasteiger partial charge < -0.3 is 5.11 Å². The molecule has 0 aliphatic rings. The summed E-state index contributed by atoms with van der Waals surface area (Å²) in [6, 6.07) is 8.06. The Morgan fingerprint density at radius 3 is 2.89 bits per heavy atom. The molecule has 96 valence electrons. The quantitative estimate of drug-likeness (QED) is 0.513. The van der Waals surface area contributed by atoms with Crippen molar-refractivity contribution >= 4 is 56.3 Å². The van der Waals surface area contributed by atoms with Crippen molar-refractivity contribution in [2.75, 3.05) is 5.75 Å². The number of rotatable bonds is 5. The summed E-state index contributed by atoms with van der Waals surface area (Å²) >= 11 is 2.98. The number of benzene rings is 1. The Morgan fingerprint density at radius 2 is 2.22 bits per heavy atom. The number of thiazole rings is 1. The van der Waals surface area contributed by atoms with Crippen LogP contribution in [0.2, 0.25) is 0 Å². The first-order chi connectivity index (χ1) is 8.22. The number of carbonyl (C=O) groups is 1. The number of fused-ring (bicyclic) bond motifs is 1. The van der Waals surface area contributed by atoms with Crippen molar-refractivity contribution in [3.8, 4) is 0 Å². The minimum atomic E-state index is -0.794. The van der Waals surface area contributed by atoms with Crippen molar-refractivity contribution < 1.29 is 14.5 Å². The molecular weight excluding hydrogens is 334 g/mol. The van der Waals surface area contributed by atoms with E-state index in [1.807, 2.05) is 30.3 Å². The van der Waals surface area contributed by atoms with E-state index in [4.69, 9.17) is 5.11 Å². The molecule has 0 aliphatic heterocycles. The van der Waals surface area contributed by atoms with Crippen LogP contribution in [0.1, 0.15) is 0 Å². The second-order valence-electron chi connectivity index (χ2n) is 3.42. The first-order valence-corrected chi connectivity index (χ1v) is 6.89. The third kappa shape index (κ3) is 3.34. The van der Waals surface area contributed by atoms with Crippen LogP contribution in [0.5, 0.6) is 0 Å². The summed E-state index contributed by atoms with van der Waals surface area (Å²) in [5.74, 6) is -0.707. The number of carboxylic acids is 1. The average Bonchev–Trinajstić information content (AvgIpc) is 2.66. The molecule has 0 unspecified atom stereocenters. The van der Waals surface area contributed by atoms with E-state index in [9.17, 15) is 4.79 Å². The standard InChI is InChI=1S/C12H11NO2S2.BrH/c1-2-7-13-9-5-3-4-6-10(9)17-12(13)16-8-11(14)15;/h2-6H,1,7-8H2;1H/p+1. The molecule has 3 nitrogen and oxygen atoms in total. The minimum absolute atomic E-state index is 0. The summed E-state index contributed by atoms with van der Waals surface area (Å²) in [4.78, 5) is 10.6. The van der Waals surface area contributed by atoms with E-state index in [1.54, 1.807) is 11.3 Å². The van der Waals surface area contributed by atoms with Crippen LogP contribution in [0.4, 0.5) is 0 Å². The van der Waals surface area contributed by atoms with Gasteiger partial charge in [-0.2, -0.15) is 4.57 Å². The summed E-state index contributed by atoms with van der Waals surface area (Å²) in [6.07, 6.45) is 1.82. The molecule has 0 fully saturated rings. The molecule has 1 heterocycles. The predicted molar refractivity (Wildman–Crippen MR) is 80.9 cm³/mol. The van der Waals surface area contributed by atoms with Crippen molar-refractivity contribution in [2.45, 2.75) is 10.9 Å². The first-order valence-electron chi connectivity index (χ1n) is 5.09. The van der Waals surface area contributed by atoms with Crippen LogP contribution in [0.25, 0.3) is 10.2 Å². The van der Waals surface area contributed by atoms with Crippen LogP contribution < -0.4 is 4.57 Å². The van der Waals surface area contributed by atoms with Crippen LogP contribution in [-0.4, -0.2) is 16.8 Å². The maximum absolute atomic E-state index is 10.6. The highest BCUT2D eigenvalue weighted by molar-refractivity contribution is 8.93. The molecule has 2 rings (SSSR count). The van der Waals surface area contributed by atoms with Gasteiger partial charge in [-0.15, -0.1) is 17.0 Å². The summed E-state index contributed by atoms with van der Waals surface area (Å²) in [6.45, 7) is 4.44. The molecule has 1 N–H and O–H groups in total. The molecule has 0 radical (unpaired) electrons. The van der Waals surface area contributed by atoms with Crippen LogP contribution in [0.3, 0.4) is 0 Å². The third-order valence-corrected chi connectivity index (χ3v) is 4.63. The van der Waals surface area contributed by atoms with Gasteiger partial charge in [0.05, 0.1) is 0 Å². The summed E-state index contributed by atoms with van der Waals surface area (Å²) in [5.41, 5.74) is 1.13. The topological polar surface area (TPSA) is 41.2 Å². The van der Waals surface area contributed by atoms with E-state index in [2.05, 4.69) is 11.1 Å². The van der Waals surface area contributed by atoms with Gasteiger partial charge in [-0.05, 0) is 23.9 Å². The number of aliphatic carboxylic acids is 1. The molecule has 2 aromatic rings. The molecule has 1 aromatic carbocycles. The van der Waals surface area contributed by atoms with Gasteiger partial charge in [0.25, 0.3) is 4.34 Å². The van der Waals surface area contributed by atoms with Crippen LogP contribution in [-0.2, 0) is 11.3 Å². The molecule has 6 heteroatoms. The summed E-state index contributed by atoms with van der Waals surface area (Å²) in [7, 11) is 0. The summed E-state index contributed by atoms with van der Waals surface area (Å²) in [5, 5.41) is 8.72. The zero-order valence-corrected chi connectivity index (χ0v) is 12.9. The number of hydrogen-bond acceptors (Lipinski definition) is 3. The Balaban J connectivity index is 0.00000162. The number of nitrogens with zero attached hydrogens (tertiary/aromatic N) is 1. The Bertz CT molecular complexity index is 568. The number of allylic oxidation sites excluding steroid dienone is 1. The lowest BCUT2D eigenvalue weighted by Gasteiger charge is -1.94. The van der Waals surface area contributed by atoms with Gasteiger partial charge in [-0.1, -0.05) is 30.0 Å². The number of thioether (sulfide) groups is 1. The largest absolute Gasteiger partial charge is 0.481 e. The molecule has 0 spiro atoms. The molecule has 0 amide bonds. The van der Waals surface area contributed by atoms with Crippen molar-refractivity contribution in [1.82, 2.24) is 0 Å². The molecular formula is C12H13BrNO2S2+. The van der Waals surface area contributed by atoms with Gasteiger partial charge in [0, 0.05) is 6.07 Å². The Labute approximate surface area is 124 Å². The second kappa shape index (κ2) is 6.92. The fourth-order valence-electron chi connectivity index (χ4n) is 1.55. The number of carboxylic acid groups (broad SMARTS) is 1. The fraction of sp³-hybridized carbons (Fsp3) is 0.167. The first kappa shape index (κ1) is 15.2. The fourth-order valence-corrected chi connectivity index (χ4v) is 3.70. The minimum Gasteiger partial charge on any atom is -0.481 e. The maximum Gasteiger partial charge on any atom is 0.314 e. The SMILES string of the molecule is Br.C=CC[n+]1c(SCC(=O)O)sc2ccccc21. The number of aromatic nitrogens is 1. The average molecular weight is 347 g/mol. The van der Waals surface area contributed by atoms with E-state index in [0.29, 0.717) is 6.54 Å². The molecule has 0 aliphatic carbocycles. The second-order valence-corrected chi connectivity index (χ2v) is 5.67. The van der Waals surface area contributed by atoms with E-state index in [0.717, 1.165) is 9.86 Å². The highest BCUT2D eigenvalue weighted by Crippen LogP contribution is 2.27. The third-order valence-electron chi connectivity index (χ3n) is 2.20. The van der Waals surface area contributed by atoms with E-state index < -0.39 is 5.97 Å². The number of halogens is 1. The zero-order chi connectivity index (χ0) is 12.3. The smallest absolute Gasteiger partial charge is 0.314 e.